The molecule has 1 fully saturated rings. The molecule has 1 amide bonds. The lowest BCUT2D eigenvalue weighted by molar-refractivity contribution is 0.0814. The Morgan fingerprint density at radius 3 is 2.75 bits per heavy atom. The molecule has 1 aliphatic rings. The molecule has 0 atom stereocenters. The van der Waals surface area contributed by atoms with E-state index in [2.05, 4.69) is 22.4 Å². The Morgan fingerprint density at radius 2 is 2.31 bits per heavy atom. The highest BCUT2D eigenvalue weighted by molar-refractivity contribution is 5.92. The number of nitrogens with one attached hydrogen (secondary N) is 2. The van der Waals surface area contributed by atoms with Crippen LogP contribution in [-0.2, 0) is 0 Å². The van der Waals surface area contributed by atoms with Gasteiger partial charge in [-0.15, -0.1) is 0 Å². The third kappa shape index (κ3) is 1.98. The number of carbonyl (C=O) groups excluding carboxylic acids is 1. The molecule has 0 unspecified atom stereocenters. The Kier molecular flexibility index (Phi) is 2.77. The van der Waals surface area contributed by atoms with Crippen LogP contribution in [0.2, 0.25) is 0 Å². The summed E-state index contributed by atoms with van der Waals surface area (Å²) in [6, 6.07) is 2.75. The summed E-state index contributed by atoms with van der Waals surface area (Å²) in [5, 5.41) is 8.95. The van der Waals surface area contributed by atoms with Crippen molar-refractivity contribution in [1.29, 1.82) is 0 Å². The lowest BCUT2D eigenvalue weighted by Crippen LogP contribution is -2.53. The van der Waals surface area contributed by atoms with Crippen molar-refractivity contribution in [3.8, 4) is 0 Å². The van der Waals surface area contributed by atoms with Crippen LogP contribution in [0.15, 0.2) is 16.9 Å². The topological polar surface area (TPSA) is 74.8 Å². The molecule has 0 radical (unpaired) electrons. The van der Waals surface area contributed by atoms with E-state index in [1.54, 1.807) is 0 Å². The summed E-state index contributed by atoms with van der Waals surface area (Å²) < 4.78 is 0. The first kappa shape index (κ1) is 10.9. The first-order chi connectivity index (χ1) is 7.65. The van der Waals surface area contributed by atoms with E-state index >= 15 is 0 Å². The smallest absolute Gasteiger partial charge is 0.272 e. The molecule has 0 aliphatic heterocycles. The van der Waals surface area contributed by atoms with E-state index in [1.807, 2.05) is 0 Å². The van der Waals surface area contributed by atoms with Gasteiger partial charge in [-0.3, -0.25) is 9.59 Å². The summed E-state index contributed by atoms with van der Waals surface area (Å²) in [5.41, 5.74) is -0.0840. The number of nitrogens with zero attached hydrogens (tertiary/aromatic N) is 1. The Bertz CT molecular complexity index is 423. The maximum absolute atomic E-state index is 11.8. The molecule has 0 bridgehead atoms. The van der Waals surface area contributed by atoms with Gasteiger partial charge in [0.2, 0.25) is 0 Å². The van der Waals surface area contributed by atoms with Crippen molar-refractivity contribution in [2.45, 2.75) is 38.1 Å². The molecule has 0 saturated heterocycles. The first-order valence-corrected chi connectivity index (χ1v) is 5.53. The third-order valence-corrected chi connectivity index (χ3v) is 3.28. The molecule has 0 aromatic carbocycles. The lowest BCUT2D eigenvalue weighted by atomic mass is 9.75. The lowest BCUT2D eigenvalue weighted by Gasteiger charge is -2.41. The molecule has 1 aliphatic carbocycles. The van der Waals surface area contributed by atoms with E-state index in [-0.39, 0.29) is 22.7 Å². The Labute approximate surface area is 93.3 Å². The number of carbonyl (C=O) groups is 1. The highest BCUT2D eigenvalue weighted by atomic mass is 16.2. The monoisotopic (exact) mass is 221 g/mol. The molecule has 1 saturated carbocycles. The van der Waals surface area contributed by atoms with Gasteiger partial charge >= 0.3 is 0 Å². The number of hydrogen-bond donors (Lipinski definition) is 2. The summed E-state index contributed by atoms with van der Waals surface area (Å²) in [6.07, 6.45) is 4.15. The number of amides is 1. The summed E-state index contributed by atoms with van der Waals surface area (Å²) in [6.45, 7) is 2.07. The minimum Gasteiger partial charge on any atom is -0.345 e. The zero-order valence-corrected chi connectivity index (χ0v) is 9.25. The van der Waals surface area contributed by atoms with Crippen LogP contribution >= 0.6 is 0 Å². The Morgan fingerprint density at radius 1 is 1.56 bits per heavy atom. The zero-order valence-electron chi connectivity index (χ0n) is 9.25. The van der Waals surface area contributed by atoms with E-state index in [9.17, 15) is 9.59 Å². The molecule has 86 valence electrons. The van der Waals surface area contributed by atoms with Crippen LogP contribution in [0.5, 0.6) is 0 Å². The zero-order chi connectivity index (χ0) is 11.6. The molecule has 2 rings (SSSR count). The molecule has 16 heavy (non-hydrogen) atoms. The van der Waals surface area contributed by atoms with E-state index in [0.29, 0.717) is 0 Å². The van der Waals surface area contributed by atoms with Crippen LogP contribution in [0.4, 0.5) is 0 Å². The van der Waals surface area contributed by atoms with Gasteiger partial charge < -0.3 is 5.32 Å². The van der Waals surface area contributed by atoms with Crippen LogP contribution < -0.4 is 10.9 Å². The fourth-order valence-electron chi connectivity index (χ4n) is 1.95. The van der Waals surface area contributed by atoms with Gasteiger partial charge in [0.05, 0.1) is 0 Å². The number of rotatable bonds is 3. The van der Waals surface area contributed by atoms with Gasteiger partial charge in [-0.05, 0) is 31.7 Å². The van der Waals surface area contributed by atoms with Crippen LogP contribution in [0.1, 0.15) is 43.1 Å². The van der Waals surface area contributed by atoms with Crippen LogP contribution in [0.25, 0.3) is 0 Å². The van der Waals surface area contributed by atoms with Gasteiger partial charge in [0.1, 0.15) is 5.69 Å². The number of aromatic nitrogens is 2. The average Bonchev–Trinajstić information content (AvgIpc) is 2.24. The molecule has 0 spiro atoms. The van der Waals surface area contributed by atoms with Gasteiger partial charge in [-0.25, -0.2) is 5.10 Å². The SMILES string of the molecule is CCC1(NC(=O)c2ccc(=O)[nH]n2)CCC1. The van der Waals surface area contributed by atoms with E-state index in [0.717, 1.165) is 25.7 Å². The molecular weight excluding hydrogens is 206 g/mol. The number of H-pyrrole nitrogens is 1. The number of hydrogen-bond acceptors (Lipinski definition) is 3. The second kappa shape index (κ2) is 4.08. The van der Waals surface area contributed by atoms with Gasteiger partial charge in [-0.1, -0.05) is 6.92 Å². The molecule has 5 heteroatoms. The molecule has 1 aromatic heterocycles. The molecule has 5 nitrogen and oxygen atoms in total. The largest absolute Gasteiger partial charge is 0.345 e. The molecular formula is C11H15N3O2. The quantitative estimate of drug-likeness (QED) is 0.794. The van der Waals surface area contributed by atoms with Crippen LogP contribution in [0, 0.1) is 0 Å². The predicted octanol–water partition coefficient (Wildman–Crippen LogP) is 0.832. The second-order valence-electron chi connectivity index (χ2n) is 4.25. The van der Waals surface area contributed by atoms with Crippen molar-refractivity contribution in [3.05, 3.63) is 28.2 Å². The highest BCUT2D eigenvalue weighted by Crippen LogP contribution is 2.34. The van der Waals surface area contributed by atoms with Crippen molar-refractivity contribution < 1.29 is 4.79 Å². The third-order valence-electron chi connectivity index (χ3n) is 3.28. The minimum absolute atomic E-state index is 0.0467. The van der Waals surface area contributed by atoms with Gasteiger partial charge in [-0.2, -0.15) is 5.10 Å². The van der Waals surface area contributed by atoms with Crippen molar-refractivity contribution in [1.82, 2.24) is 15.5 Å². The summed E-state index contributed by atoms with van der Waals surface area (Å²) in [7, 11) is 0. The van der Waals surface area contributed by atoms with E-state index in [4.69, 9.17) is 0 Å². The van der Waals surface area contributed by atoms with Crippen molar-refractivity contribution in [2.24, 2.45) is 0 Å². The van der Waals surface area contributed by atoms with Crippen molar-refractivity contribution >= 4 is 5.91 Å². The van der Waals surface area contributed by atoms with Crippen LogP contribution in [-0.4, -0.2) is 21.6 Å². The van der Waals surface area contributed by atoms with Crippen molar-refractivity contribution in [2.75, 3.05) is 0 Å². The highest BCUT2D eigenvalue weighted by Gasteiger charge is 2.36. The summed E-state index contributed by atoms with van der Waals surface area (Å²) >= 11 is 0. The summed E-state index contributed by atoms with van der Waals surface area (Å²) in [4.78, 5) is 22.6. The second-order valence-corrected chi connectivity index (χ2v) is 4.25. The van der Waals surface area contributed by atoms with Gasteiger partial charge in [0.15, 0.2) is 0 Å². The Hall–Kier alpha value is -1.65. The van der Waals surface area contributed by atoms with Gasteiger partial charge in [0.25, 0.3) is 11.5 Å². The van der Waals surface area contributed by atoms with E-state index < -0.39 is 0 Å². The first-order valence-electron chi connectivity index (χ1n) is 5.53. The average molecular weight is 221 g/mol. The minimum atomic E-state index is -0.301. The van der Waals surface area contributed by atoms with Gasteiger partial charge in [0, 0.05) is 11.6 Å². The van der Waals surface area contributed by atoms with Crippen LogP contribution in [0.3, 0.4) is 0 Å². The normalized spacial score (nSPS) is 17.6. The summed E-state index contributed by atoms with van der Waals surface area (Å²) in [5.74, 6) is -0.210. The standard InChI is InChI=1S/C11H15N3O2/c1-2-11(6-3-7-11)12-10(16)8-4-5-9(15)14-13-8/h4-5H,2-3,6-7H2,1H3,(H,12,16)(H,14,15). The molecule has 1 aromatic rings. The predicted molar refractivity (Wildman–Crippen MR) is 59.2 cm³/mol. The maximum atomic E-state index is 11.8. The van der Waals surface area contributed by atoms with E-state index in [1.165, 1.54) is 12.1 Å². The fourth-order valence-corrected chi connectivity index (χ4v) is 1.95. The molecule has 1 heterocycles. The number of aromatic amines is 1. The van der Waals surface area contributed by atoms with Crippen molar-refractivity contribution in [3.63, 3.8) is 0 Å². The Balaban J connectivity index is 2.08. The fraction of sp³-hybridized carbons (Fsp3) is 0.545. The maximum Gasteiger partial charge on any atom is 0.272 e. The molecule has 2 N–H and O–H groups in total.